The van der Waals surface area contributed by atoms with Gasteiger partial charge in [0.1, 0.15) is 0 Å². The molecule has 0 spiro atoms. The molecule has 0 radical (unpaired) electrons. The van der Waals surface area contributed by atoms with Gasteiger partial charge in [-0.3, -0.25) is 14.5 Å². The van der Waals surface area contributed by atoms with Crippen LogP contribution in [0.3, 0.4) is 0 Å². The number of likely N-dealkylation sites (tertiary alicyclic amines) is 1. The summed E-state index contributed by atoms with van der Waals surface area (Å²) in [4.78, 5) is 29.6. The van der Waals surface area contributed by atoms with Crippen LogP contribution in [0.15, 0.2) is 30.5 Å². The molecule has 3 rings (SSSR count). The summed E-state index contributed by atoms with van der Waals surface area (Å²) in [7, 11) is 0. The van der Waals surface area contributed by atoms with E-state index in [0.717, 1.165) is 37.9 Å². The van der Waals surface area contributed by atoms with Gasteiger partial charge in [0.25, 0.3) is 0 Å². The van der Waals surface area contributed by atoms with E-state index in [0.29, 0.717) is 13.0 Å². The van der Waals surface area contributed by atoms with E-state index in [-0.39, 0.29) is 23.9 Å². The van der Waals surface area contributed by atoms with Gasteiger partial charge in [0, 0.05) is 42.7 Å². The maximum atomic E-state index is 12.6. The number of rotatable bonds is 7. The Kier molecular flexibility index (Phi) is 6.50. The van der Waals surface area contributed by atoms with Gasteiger partial charge in [0.05, 0.1) is 6.04 Å². The van der Waals surface area contributed by atoms with Crippen LogP contribution >= 0.6 is 0 Å². The first-order chi connectivity index (χ1) is 13.1. The first kappa shape index (κ1) is 19.4. The summed E-state index contributed by atoms with van der Waals surface area (Å²) in [5.74, 6) is 0.134. The van der Waals surface area contributed by atoms with Crippen LogP contribution in [0.1, 0.15) is 38.7 Å². The van der Waals surface area contributed by atoms with Crippen molar-refractivity contribution in [1.82, 2.24) is 20.5 Å². The van der Waals surface area contributed by atoms with Gasteiger partial charge < -0.3 is 15.6 Å². The topological polar surface area (TPSA) is 77.2 Å². The van der Waals surface area contributed by atoms with Crippen molar-refractivity contribution in [2.75, 3.05) is 19.6 Å². The highest BCUT2D eigenvalue weighted by molar-refractivity contribution is 5.83. The number of nitrogens with one attached hydrogen (secondary N) is 3. The number of carbonyl (C=O) groups excluding carboxylic acids is 2. The lowest BCUT2D eigenvalue weighted by molar-refractivity contribution is -0.126. The summed E-state index contributed by atoms with van der Waals surface area (Å²) in [5, 5.41) is 7.34. The highest BCUT2D eigenvalue weighted by Crippen LogP contribution is 2.18. The molecule has 0 aliphatic carbocycles. The van der Waals surface area contributed by atoms with E-state index in [1.165, 1.54) is 10.9 Å². The molecular weight excluding hydrogens is 340 g/mol. The first-order valence-corrected chi connectivity index (χ1v) is 9.94. The van der Waals surface area contributed by atoms with Crippen LogP contribution < -0.4 is 10.6 Å². The van der Waals surface area contributed by atoms with Crippen molar-refractivity contribution < 1.29 is 9.59 Å². The van der Waals surface area contributed by atoms with Crippen molar-refractivity contribution >= 4 is 22.7 Å². The standard InChI is InChI=1S/C21H30N4O2/c1-3-20(26)24-17-7-6-12-25(14-17)15(2)21(27)22-11-10-16-13-23-19-9-5-4-8-18(16)19/h4-5,8-9,13,15,17,23H,3,6-7,10-12,14H2,1-2H3,(H,22,27)(H,24,26). The average Bonchev–Trinajstić information content (AvgIpc) is 3.10. The van der Waals surface area contributed by atoms with Crippen molar-refractivity contribution in [3.63, 3.8) is 0 Å². The second kappa shape index (κ2) is 9.04. The molecule has 2 aromatic rings. The molecule has 2 amide bonds. The molecule has 1 fully saturated rings. The van der Waals surface area contributed by atoms with Gasteiger partial charge in [0.2, 0.25) is 11.8 Å². The first-order valence-electron chi connectivity index (χ1n) is 9.94. The molecular formula is C21H30N4O2. The number of amides is 2. The number of carbonyl (C=O) groups is 2. The van der Waals surface area contributed by atoms with Gasteiger partial charge >= 0.3 is 0 Å². The zero-order chi connectivity index (χ0) is 19.2. The Hall–Kier alpha value is -2.34. The van der Waals surface area contributed by atoms with Crippen LogP contribution in [0.4, 0.5) is 0 Å². The van der Waals surface area contributed by atoms with E-state index in [1.54, 1.807) is 0 Å². The maximum Gasteiger partial charge on any atom is 0.237 e. The lowest BCUT2D eigenvalue weighted by atomic mass is 10.0. The number of nitrogens with zero attached hydrogens (tertiary/aromatic N) is 1. The van der Waals surface area contributed by atoms with Crippen LogP contribution in [0.25, 0.3) is 10.9 Å². The van der Waals surface area contributed by atoms with Crippen molar-refractivity contribution in [2.24, 2.45) is 0 Å². The van der Waals surface area contributed by atoms with E-state index < -0.39 is 0 Å². The smallest absolute Gasteiger partial charge is 0.237 e. The number of piperidine rings is 1. The maximum absolute atomic E-state index is 12.6. The highest BCUT2D eigenvalue weighted by Gasteiger charge is 2.27. The normalized spacial score (nSPS) is 19.0. The quantitative estimate of drug-likeness (QED) is 0.699. The number of fused-ring (bicyclic) bond motifs is 1. The molecule has 0 bridgehead atoms. The Bertz CT molecular complexity index is 785. The lowest BCUT2D eigenvalue weighted by Crippen LogP contribution is -2.54. The Morgan fingerprint density at radius 3 is 2.96 bits per heavy atom. The summed E-state index contributed by atoms with van der Waals surface area (Å²) < 4.78 is 0. The number of aromatic nitrogens is 1. The molecule has 6 heteroatoms. The van der Waals surface area contributed by atoms with Gasteiger partial charge in [-0.25, -0.2) is 0 Å². The molecule has 3 N–H and O–H groups in total. The van der Waals surface area contributed by atoms with Crippen molar-refractivity contribution in [3.8, 4) is 0 Å². The number of hydrogen-bond acceptors (Lipinski definition) is 3. The third kappa shape index (κ3) is 4.89. The molecule has 6 nitrogen and oxygen atoms in total. The summed E-state index contributed by atoms with van der Waals surface area (Å²) in [6.45, 7) is 6.07. The number of para-hydroxylation sites is 1. The minimum atomic E-state index is -0.186. The molecule has 1 aliphatic heterocycles. The SMILES string of the molecule is CCC(=O)NC1CCCN(C(C)C(=O)NCCc2c[nH]c3ccccc23)C1. The van der Waals surface area contributed by atoms with E-state index in [4.69, 9.17) is 0 Å². The van der Waals surface area contributed by atoms with Crippen LogP contribution in [0.5, 0.6) is 0 Å². The second-order valence-electron chi connectivity index (χ2n) is 7.33. The Morgan fingerprint density at radius 2 is 2.15 bits per heavy atom. The molecule has 1 saturated heterocycles. The number of benzene rings is 1. The summed E-state index contributed by atoms with van der Waals surface area (Å²) in [6.07, 6.45) is 5.31. The minimum Gasteiger partial charge on any atom is -0.361 e. The van der Waals surface area contributed by atoms with Gasteiger partial charge in [-0.15, -0.1) is 0 Å². The molecule has 2 atom stereocenters. The van der Waals surface area contributed by atoms with E-state index in [9.17, 15) is 9.59 Å². The fraction of sp³-hybridized carbons (Fsp3) is 0.524. The number of aromatic amines is 1. The van der Waals surface area contributed by atoms with Gasteiger partial charge in [-0.1, -0.05) is 25.1 Å². The van der Waals surface area contributed by atoms with Crippen molar-refractivity contribution in [3.05, 3.63) is 36.0 Å². The minimum absolute atomic E-state index is 0.0531. The predicted molar refractivity (Wildman–Crippen MR) is 108 cm³/mol. The third-order valence-corrected chi connectivity index (χ3v) is 5.43. The molecule has 1 aromatic carbocycles. The van der Waals surface area contributed by atoms with Crippen LogP contribution in [0.2, 0.25) is 0 Å². The second-order valence-corrected chi connectivity index (χ2v) is 7.33. The largest absolute Gasteiger partial charge is 0.361 e. The molecule has 2 unspecified atom stereocenters. The number of H-pyrrole nitrogens is 1. The fourth-order valence-corrected chi connectivity index (χ4v) is 3.78. The predicted octanol–water partition coefficient (Wildman–Crippen LogP) is 2.21. The monoisotopic (exact) mass is 370 g/mol. The van der Waals surface area contributed by atoms with Crippen LogP contribution in [-0.2, 0) is 16.0 Å². The molecule has 1 aliphatic rings. The number of hydrogen-bond donors (Lipinski definition) is 3. The molecule has 0 saturated carbocycles. The van der Waals surface area contributed by atoms with E-state index in [2.05, 4.69) is 32.7 Å². The Morgan fingerprint density at radius 1 is 1.33 bits per heavy atom. The van der Waals surface area contributed by atoms with Crippen molar-refractivity contribution in [1.29, 1.82) is 0 Å². The van der Waals surface area contributed by atoms with E-state index >= 15 is 0 Å². The molecule has 2 heterocycles. The Labute approximate surface area is 160 Å². The average molecular weight is 370 g/mol. The molecule has 27 heavy (non-hydrogen) atoms. The molecule has 1 aromatic heterocycles. The lowest BCUT2D eigenvalue weighted by Gasteiger charge is -2.36. The molecule has 146 valence electrons. The van der Waals surface area contributed by atoms with Gasteiger partial charge in [-0.05, 0) is 44.4 Å². The van der Waals surface area contributed by atoms with Crippen LogP contribution in [-0.4, -0.2) is 53.4 Å². The Balaban J connectivity index is 1.48. The van der Waals surface area contributed by atoms with Gasteiger partial charge in [-0.2, -0.15) is 0 Å². The summed E-state index contributed by atoms with van der Waals surface area (Å²) in [5.41, 5.74) is 2.35. The fourth-order valence-electron chi connectivity index (χ4n) is 3.78. The summed E-state index contributed by atoms with van der Waals surface area (Å²) >= 11 is 0. The van der Waals surface area contributed by atoms with Crippen LogP contribution in [0, 0.1) is 0 Å². The zero-order valence-corrected chi connectivity index (χ0v) is 16.3. The third-order valence-electron chi connectivity index (χ3n) is 5.43. The van der Waals surface area contributed by atoms with Gasteiger partial charge in [0.15, 0.2) is 0 Å². The zero-order valence-electron chi connectivity index (χ0n) is 16.3. The summed E-state index contributed by atoms with van der Waals surface area (Å²) in [6, 6.07) is 8.17. The van der Waals surface area contributed by atoms with Crippen molar-refractivity contribution in [2.45, 2.75) is 51.6 Å². The van der Waals surface area contributed by atoms with E-state index in [1.807, 2.05) is 32.2 Å². The highest BCUT2D eigenvalue weighted by atomic mass is 16.2.